The summed E-state index contributed by atoms with van der Waals surface area (Å²) in [5, 5.41) is 12.5. The van der Waals surface area contributed by atoms with Gasteiger partial charge in [-0.2, -0.15) is 5.26 Å². The van der Waals surface area contributed by atoms with Crippen LogP contribution in [0.1, 0.15) is 44.1 Å². The monoisotopic (exact) mass is 442 g/mol. The molecule has 168 valence electrons. The van der Waals surface area contributed by atoms with Crippen molar-refractivity contribution >= 4 is 17.8 Å². The summed E-state index contributed by atoms with van der Waals surface area (Å²) in [5.74, 6) is 0.186. The molecule has 1 heterocycles. The maximum atomic E-state index is 12.5. The van der Waals surface area contributed by atoms with Crippen molar-refractivity contribution in [1.82, 2.24) is 0 Å². The number of amides is 1. The van der Waals surface area contributed by atoms with E-state index >= 15 is 0 Å². The van der Waals surface area contributed by atoms with E-state index in [1.807, 2.05) is 60.7 Å². The van der Waals surface area contributed by atoms with Gasteiger partial charge in [-0.25, -0.2) is 0 Å². The second kappa shape index (κ2) is 10.6. The fourth-order valence-corrected chi connectivity index (χ4v) is 4.30. The standard InChI is InChI=1S/C27H26N2O4/c28-17-22-25(20-11-3-1-4-12-20)26(21-13-5-2-6-14-21)33-27(22)29-23(30)18-32-24(31)16-15-19-9-7-8-10-19/h1-6,11-14,19H,7-10,15-16,18H2,(H,29,30). The second-order valence-electron chi connectivity index (χ2n) is 8.25. The smallest absolute Gasteiger partial charge is 0.306 e. The van der Waals surface area contributed by atoms with E-state index in [-0.39, 0.29) is 17.4 Å². The van der Waals surface area contributed by atoms with Crippen molar-refractivity contribution in [2.75, 3.05) is 11.9 Å². The molecular weight excluding hydrogens is 416 g/mol. The van der Waals surface area contributed by atoms with Crippen LogP contribution >= 0.6 is 0 Å². The second-order valence-corrected chi connectivity index (χ2v) is 8.25. The lowest BCUT2D eigenvalue weighted by molar-refractivity contribution is -0.147. The van der Waals surface area contributed by atoms with Gasteiger partial charge in [0.1, 0.15) is 17.4 Å². The van der Waals surface area contributed by atoms with Crippen LogP contribution in [0.3, 0.4) is 0 Å². The molecule has 1 saturated carbocycles. The third-order valence-electron chi connectivity index (χ3n) is 5.97. The number of carbonyl (C=O) groups is 2. The third-order valence-corrected chi connectivity index (χ3v) is 5.97. The van der Waals surface area contributed by atoms with Crippen LogP contribution in [-0.4, -0.2) is 18.5 Å². The Bertz CT molecular complexity index is 1140. The number of rotatable bonds is 8. The first-order valence-corrected chi connectivity index (χ1v) is 11.3. The molecule has 0 radical (unpaired) electrons. The van der Waals surface area contributed by atoms with E-state index in [1.165, 1.54) is 12.8 Å². The first kappa shape index (κ1) is 22.3. The molecule has 1 aliphatic rings. The Morgan fingerprint density at radius 1 is 1.00 bits per heavy atom. The molecule has 1 aliphatic carbocycles. The van der Waals surface area contributed by atoms with Crippen LogP contribution in [-0.2, 0) is 14.3 Å². The van der Waals surface area contributed by atoms with Gasteiger partial charge in [0.2, 0.25) is 5.88 Å². The molecule has 33 heavy (non-hydrogen) atoms. The lowest BCUT2D eigenvalue weighted by Gasteiger charge is -2.08. The quantitative estimate of drug-likeness (QED) is 0.436. The van der Waals surface area contributed by atoms with Crippen molar-refractivity contribution in [3.63, 3.8) is 0 Å². The van der Waals surface area contributed by atoms with Crippen molar-refractivity contribution in [3.8, 4) is 28.5 Å². The molecule has 0 spiro atoms. The molecule has 4 rings (SSSR count). The van der Waals surface area contributed by atoms with Gasteiger partial charge in [-0.1, -0.05) is 86.3 Å². The van der Waals surface area contributed by atoms with E-state index in [0.29, 0.717) is 23.7 Å². The molecule has 1 N–H and O–H groups in total. The lowest BCUT2D eigenvalue weighted by Crippen LogP contribution is -2.21. The van der Waals surface area contributed by atoms with Gasteiger partial charge in [-0.05, 0) is 17.9 Å². The number of hydrogen-bond donors (Lipinski definition) is 1. The number of nitrogens with one attached hydrogen (secondary N) is 1. The summed E-state index contributed by atoms with van der Waals surface area (Å²) in [5.41, 5.74) is 2.41. The molecule has 1 fully saturated rings. The Labute approximate surface area is 193 Å². The van der Waals surface area contributed by atoms with Crippen LogP contribution in [0, 0.1) is 17.2 Å². The Hall–Kier alpha value is -3.85. The summed E-state index contributed by atoms with van der Waals surface area (Å²) in [4.78, 5) is 24.5. The number of benzene rings is 2. The zero-order valence-electron chi connectivity index (χ0n) is 18.4. The molecule has 2 aromatic carbocycles. The Kier molecular flexibility index (Phi) is 7.21. The summed E-state index contributed by atoms with van der Waals surface area (Å²) < 4.78 is 11.1. The number of furan rings is 1. The average molecular weight is 443 g/mol. The van der Waals surface area contributed by atoms with E-state index in [9.17, 15) is 14.9 Å². The fraction of sp³-hybridized carbons (Fsp3) is 0.296. The normalized spacial score (nSPS) is 13.4. The zero-order valence-corrected chi connectivity index (χ0v) is 18.4. The number of esters is 1. The predicted octanol–water partition coefficient (Wildman–Crippen LogP) is 5.94. The maximum Gasteiger partial charge on any atom is 0.306 e. The van der Waals surface area contributed by atoms with Gasteiger partial charge >= 0.3 is 5.97 Å². The first-order valence-electron chi connectivity index (χ1n) is 11.3. The molecule has 3 aromatic rings. The highest BCUT2D eigenvalue weighted by Crippen LogP contribution is 2.41. The Morgan fingerprint density at radius 3 is 2.27 bits per heavy atom. The van der Waals surface area contributed by atoms with Crippen molar-refractivity contribution < 1.29 is 18.7 Å². The van der Waals surface area contributed by atoms with Crippen LogP contribution in [0.25, 0.3) is 22.5 Å². The summed E-state index contributed by atoms with van der Waals surface area (Å²) in [7, 11) is 0. The molecule has 6 nitrogen and oxygen atoms in total. The highest BCUT2D eigenvalue weighted by molar-refractivity contribution is 5.96. The number of nitriles is 1. The van der Waals surface area contributed by atoms with Crippen LogP contribution in [0.5, 0.6) is 0 Å². The lowest BCUT2D eigenvalue weighted by atomic mass is 9.98. The number of anilines is 1. The van der Waals surface area contributed by atoms with Gasteiger partial charge in [-0.3, -0.25) is 14.9 Å². The van der Waals surface area contributed by atoms with E-state index in [1.54, 1.807) is 0 Å². The van der Waals surface area contributed by atoms with Gasteiger partial charge in [0.05, 0.1) is 0 Å². The summed E-state index contributed by atoms with van der Waals surface area (Å²) in [6.45, 7) is -0.420. The van der Waals surface area contributed by atoms with Crippen LogP contribution in [0.4, 0.5) is 5.88 Å². The van der Waals surface area contributed by atoms with Crippen LogP contribution in [0.2, 0.25) is 0 Å². The van der Waals surface area contributed by atoms with Crippen molar-refractivity contribution in [3.05, 3.63) is 66.2 Å². The Morgan fingerprint density at radius 2 is 1.64 bits per heavy atom. The SMILES string of the molecule is N#Cc1c(NC(=O)COC(=O)CCC2CCCC2)oc(-c2ccccc2)c1-c1ccccc1. The molecule has 0 unspecified atom stereocenters. The minimum atomic E-state index is -0.548. The first-order chi connectivity index (χ1) is 16.2. The van der Waals surface area contributed by atoms with Crippen LogP contribution in [0.15, 0.2) is 65.1 Å². The van der Waals surface area contributed by atoms with Crippen LogP contribution < -0.4 is 5.32 Å². The van der Waals surface area contributed by atoms with Gasteiger partial charge in [0.25, 0.3) is 5.91 Å². The maximum absolute atomic E-state index is 12.5. The number of nitrogens with zero attached hydrogens (tertiary/aromatic N) is 1. The Balaban J connectivity index is 1.49. The molecule has 1 amide bonds. The highest BCUT2D eigenvalue weighted by Gasteiger charge is 2.24. The van der Waals surface area contributed by atoms with Gasteiger partial charge in [0.15, 0.2) is 6.61 Å². The summed E-state index contributed by atoms with van der Waals surface area (Å²) in [6, 6.07) is 21.0. The van der Waals surface area contributed by atoms with E-state index < -0.39 is 12.5 Å². The van der Waals surface area contributed by atoms with Gasteiger partial charge in [-0.15, -0.1) is 0 Å². The largest absolute Gasteiger partial charge is 0.456 e. The minimum absolute atomic E-state index is 0.0437. The van der Waals surface area contributed by atoms with E-state index in [2.05, 4.69) is 11.4 Å². The predicted molar refractivity (Wildman–Crippen MR) is 125 cm³/mol. The molecular formula is C27H26N2O4. The van der Waals surface area contributed by atoms with E-state index in [4.69, 9.17) is 9.15 Å². The molecule has 0 atom stereocenters. The zero-order chi connectivity index (χ0) is 23.0. The van der Waals surface area contributed by atoms with E-state index in [0.717, 1.165) is 30.4 Å². The molecule has 0 aliphatic heterocycles. The summed E-state index contributed by atoms with van der Waals surface area (Å²) in [6.07, 6.45) is 5.90. The topological polar surface area (TPSA) is 92.3 Å². The average Bonchev–Trinajstić information content (AvgIpc) is 3.50. The minimum Gasteiger partial charge on any atom is -0.456 e. The number of carbonyl (C=O) groups excluding carboxylic acids is 2. The van der Waals surface area contributed by atoms with Crippen molar-refractivity contribution in [2.24, 2.45) is 5.92 Å². The fourth-order valence-electron chi connectivity index (χ4n) is 4.30. The van der Waals surface area contributed by atoms with Crippen molar-refractivity contribution in [2.45, 2.75) is 38.5 Å². The number of ether oxygens (including phenoxy) is 1. The number of hydrogen-bond acceptors (Lipinski definition) is 5. The molecule has 6 heteroatoms. The van der Waals surface area contributed by atoms with Gasteiger partial charge < -0.3 is 9.15 Å². The molecule has 0 bridgehead atoms. The van der Waals surface area contributed by atoms with Gasteiger partial charge in [0, 0.05) is 17.5 Å². The molecule has 1 aromatic heterocycles. The highest BCUT2D eigenvalue weighted by atomic mass is 16.5. The van der Waals surface area contributed by atoms with Crippen molar-refractivity contribution in [1.29, 1.82) is 5.26 Å². The summed E-state index contributed by atoms with van der Waals surface area (Å²) >= 11 is 0. The molecule has 0 saturated heterocycles. The third kappa shape index (κ3) is 5.50.